The van der Waals surface area contributed by atoms with Crippen LogP contribution in [0.25, 0.3) is 0 Å². The predicted octanol–water partition coefficient (Wildman–Crippen LogP) is 4.78. The number of unbranched alkanes of at least 4 members (excludes halogenated alkanes) is 2. The smallest absolute Gasteiger partial charge is 0.408 e. The molecule has 10 heteroatoms. The molecule has 2 atom stereocenters. The zero-order chi connectivity index (χ0) is 30.9. The second-order valence-electron chi connectivity index (χ2n) is 11.3. The van der Waals surface area contributed by atoms with Gasteiger partial charge in [-0.1, -0.05) is 44.0 Å². The molecule has 0 radical (unpaired) electrons. The van der Waals surface area contributed by atoms with Gasteiger partial charge in [-0.2, -0.15) is 0 Å². The van der Waals surface area contributed by atoms with Gasteiger partial charge in [0, 0.05) is 12.2 Å². The first kappa shape index (κ1) is 33.1. The quantitative estimate of drug-likeness (QED) is 0.270. The van der Waals surface area contributed by atoms with Crippen LogP contribution in [0.15, 0.2) is 36.4 Å². The Morgan fingerprint density at radius 2 is 1.63 bits per heavy atom. The third-order valence-corrected chi connectivity index (χ3v) is 6.51. The molecule has 0 fully saturated rings. The molecular weight excluding hydrogens is 524 g/mol. The first-order valence-electron chi connectivity index (χ1n) is 13.9. The minimum atomic E-state index is -1.36. The van der Waals surface area contributed by atoms with Crippen molar-refractivity contribution in [1.82, 2.24) is 10.2 Å². The van der Waals surface area contributed by atoms with Crippen molar-refractivity contribution in [3.63, 3.8) is 0 Å². The van der Waals surface area contributed by atoms with Crippen LogP contribution in [0.2, 0.25) is 0 Å². The Bertz CT molecular complexity index is 1230. The number of alkyl carbamates (subject to hydrolysis) is 1. The second-order valence-corrected chi connectivity index (χ2v) is 11.3. The van der Waals surface area contributed by atoms with Crippen LogP contribution >= 0.6 is 0 Å². The molecule has 0 saturated heterocycles. The van der Waals surface area contributed by atoms with Crippen LogP contribution in [0.3, 0.4) is 0 Å². The fourth-order valence-electron chi connectivity index (χ4n) is 4.47. The maximum atomic E-state index is 14.2. The first-order valence-corrected chi connectivity index (χ1v) is 13.9. The number of hydrogen-bond acceptors (Lipinski definition) is 6. The lowest BCUT2D eigenvalue weighted by Crippen LogP contribution is -2.53. The summed E-state index contributed by atoms with van der Waals surface area (Å²) in [7, 11) is 0. The number of phenols is 1. The summed E-state index contributed by atoms with van der Waals surface area (Å²) in [4.78, 5) is 54.2. The summed E-state index contributed by atoms with van der Waals surface area (Å²) < 4.78 is 5.33. The maximum absolute atomic E-state index is 14.2. The standard InChI is InChI=1S/C31H44N4O6/c1-8-9-10-16-35(29(39)23(18-25(32)37)33-30(40)41-31(5,6)7)27(22-14-15-24(36)21(4)17-22)28(38)34-26-19(2)12-11-13-20(26)3/h11-15,17,23,27,36H,8-10,16,18H2,1-7H3,(H2,32,37)(H,33,40)(H,34,38). The Hall–Kier alpha value is -4.08. The number of carbonyl (C=O) groups excluding carboxylic acids is 4. The number of ether oxygens (including phenoxy) is 1. The monoisotopic (exact) mass is 568 g/mol. The van der Waals surface area contributed by atoms with Gasteiger partial charge < -0.3 is 31.1 Å². The number of rotatable bonds is 12. The number of amides is 4. The van der Waals surface area contributed by atoms with Crippen molar-refractivity contribution < 1.29 is 29.0 Å². The van der Waals surface area contributed by atoms with E-state index in [4.69, 9.17) is 10.5 Å². The van der Waals surface area contributed by atoms with E-state index in [0.29, 0.717) is 23.2 Å². The van der Waals surface area contributed by atoms with Crippen LogP contribution in [-0.2, 0) is 19.1 Å². The Morgan fingerprint density at radius 3 is 2.17 bits per heavy atom. The van der Waals surface area contributed by atoms with E-state index in [2.05, 4.69) is 10.6 Å². The Balaban J connectivity index is 2.63. The average molecular weight is 569 g/mol. The number of nitrogens with zero attached hydrogens (tertiary/aromatic N) is 1. The summed E-state index contributed by atoms with van der Waals surface area (Å²) in [5.41, 5.74) is 7.93. The second kappa shape index (κ2) is 14.5. The molecule has 0 spiro atoms. The molecule has 0 aliphatic heterocycles. The van der Waals surface area contributed by atoms with Crippen molar-refractivity contribution in [3.8, 4) is 5.75 Å². The van der Waals surface area contributed by atoms with Gasteiger partial charge in [-0.15, -0.1) is 0 Å². The number of primary amides is 1. The number of para-hydroxylation sites is 1. The van der Waals surface area contributed by atoms with Crippen molar-refractivity contribution in [1.29, 1.82) is 0 Å². The van der Waals surface area contributed by atoms with Gasteiger partial charge in [0.1, 0.15) is 23.4 Å². The molecule has 0 aliphatic carbocycles. The van der Waals surface area contributed by atoms with E-state index in [-0.39, 0.29) is 12.3 Å². The summed E-state index contributed by atoms with van der Waals surface area (Å²) in [5.74, 6) is -1.89. The van der Waals surface area contributed by atoms with Crippen molar-refractivity contribution in [2.24, 2.45) is 5.73 Å². The van der Waals surface area contributed by atoms with Gasteiger partial charge in [0.05, 0.1) is 6.42 Å². The van der Waals surface area contributed by atoms with Gasteiger partial charge >= 0.3 is 6.09 Å². The van der Waals surface area contributed by atoms with Crippen molar-refractivity contribution >= 4 is 29.5 Å². The van der Waals surface area contributed by atoms with Crippen LogP contribution in [0, 0.1) is 20.8 Å². The molecule has 0 aromatic heterocycles. The van der Waals surface area contributed by atoms with Gasteiger partial charge in [-0.25, -0.2) is 4.79 Å². The van der Waals surface area contributed by atoms with Crippen LogP contribution in [0.4, 0.5) is 10.5 Å². The highest BCUT2D eigenvalue weighted by Crippen LogP contribution is 2.30. The fourth-order valence-corrected chi connectivity index (χ4v) is 4.47. The molecule has 0 saturated carbocycles. The van der Waals surface area contributed by atoms with Gasteiger partial charge in [0.2, 0.25) is 11.8 Å². The normalized spacial score (nSPS) is 12.7. The van der Waals surface area contributed by atoms with Crippen LogP contribution in [-0.4, -0.2) is 52.0 Å². The number of benzene rings is 2. The Labute approximate surface area is 242 Å². The molecule has 2 aromatic rings. The molecule has 224 valence electrons. The molecule has 41 heavy (non-hydrogen) atoms. The van der Waals surface area contributed by atoms with Gasteiger partial charge in [-0.05, 0) is 82.3 Å². The van der Waals surface area contributed by atoms with Crippen LogP contribution < -0.4 is 16.4 Å². The molecule has 2 unspecified atom stereocenters. The summed E-state index contributed by atoms with van der Waals surface area (Å²) in [5, 5.41) is 15.7. The summed E-state index contributed by atoms with van der Waals surface area (Å²) in [6.07, 6.45) is 0.844. The molecule has 0 heterocycles. The van der Waals surface area contributed by atoms with Crippen molar-refractivity contribution in [2.75, 3.05) is 11.9 Å². The molecule has 0 bridgehead atoms. The molecule has 10 nitrogen and oxygen atoms in total. The van der Waals surface area contributed by atoms with Gasteiger partial charge in [0.15, 0.2) is 0 Å². The van der Waals surface area contributed by atoms with E-state index in [1.807, 2.05) is 39.0 Å². The largest absolute Gasteiger partial charge is 0.508 e. The number of carbonyl (C=O) groups is 4. The summed E-state index contributed by atoms with van der Waals surface area (Å²) in [6, 6.07) is 7.83. The van der Waals surface area contributed by atoms with E-state index in [1.165, 1.54) is 11.0 Å². The molecule has 2 aromatic carbocycles. The molecule has 5 N–H and O–H groups in total. The lowest BCUT2D eigenvalue weighted by atomic mass is 9.98. The number of aromatic hydroxyl groups is 1. The Kier molecular flexibility index (Phi) is 11.7. The highest BCUT2D eigenvalue weighted by Gasteiger charge is 2.37. The zero-order valence-corrected chi connectivity index (χ0v) is 25.2. The minimum Gasteiger partial charge on any atom is -0.508 e. The topological polar surface area (TPSA) is 151 Å². The summed E-state index contributed by atoms with van der Waals surface area (Å²) >= 11 is 0. The summed E-state index contributed by atoms with van der Waals surface area (Å²) in [6.45, 7) is 12.7. The number of aryl methyl sites for hydroxylation is 3. The third kappa shape index (κ3) is 9.81. The van der Waals surface area contributed by atoms with E-state index in [9.17, 15) is 24.3 Å². The van der Waals surface area contributed by atoms with E-state index >= 15 is 0 Å². The number of nitrogens with two attached hydrogens (primary N) is 1. The lowest BCUT2D eigenvalue weighted by Gasteiger charge is -2.34. The number of hydrogen-bond donors (Lipinski definition) is 4. The number of phenolic OH excluding ortho intramolecular Hbond substituents is 1. The lowest BCUT2D eigenvalue weighted by molar-refractivity contribution is -0.142. The van der Waals surface area contributed by atoms with E-state index in [1.54, 1.807) is 39.8 Å². The average Bonchev–Trinajstić information content (AvgIpc) is 2.85. The Morgan fingerprint density at radius 1 is 1.00 bits per heavy atom. The minimum absolute atomic E-state index is 0.0460. The number of anilines is 1. The zero-order valence-electron chi connectivity index (χ0n) is 25.2. The maximum Gasteiger partial charge on any atom is 0.408 e. The SMILES string of the molecule is CCCCCN(C(=O)C(CC(N)=O)NC(=O)OC(C)(C)C)C(C(=O)Nc1c(C)cccc1C)c1ccc(O)c(C)c1. The first-order chi connectivity index (χ1) is 19.1. The van der Waals surface area contributed by atoms with E-state index in [0.717, 1.165) is 24.0 Å². The molecule has 2 rings (SSSR count). The fraction of sp³-hybridized carbons (Fsp3) is 0.484. The molecular formula is C31H44N4O6. The van der Waals surface area contributed by atoms with Crippen molar-refractivity contribution in [2.45, 2.75) is 91.8 Å². The molecule has 4 amide bonds. The van der Waals surface area contributed by atoms with Crippen LogP contribution in [0.1, 0.15) is 81.7 Å². The molecule has 0 aliphatic rings. The van der Waals surface area contributed by atoms with Crippen molar-refractivity contribution in [3.05, 3.63) is 58.7 Å². The highest BCUT2D eigenvalue weighted by atomic mass is 16.6. The highest BCUT2D eigenvalue weighted by molar-refractivity contribution is 6.00. The third-order valence-electron chi connectivity index (χ3n) is 6.51. The number of nitrogens with one attached hydrogen (secondary N) is 2. The van der Waals surface area contributed by atoms with Crippen LogP contribution in [0.5, 0.6) is 5.75 Å². The van der Waals surface area contributed by atoms with Gasteiger partial charge in [-0.3, -0.25) is 14.4 Å². The van der Waals surface area contributed by atoms with E-state index < -0.39 is 47.9 Å². The predicted molar refractivity (Wildman–Crippen MR) is 158 cm³/mol. The van der Waals surface area contributed by atoms with Gasteiger partial charge in [0.25, 0.3) is 5.91 Å².